The average Bonchev–Trinajstić information content (AvgIpc) is 2.26. The molecular formula is C14H22N2O. The molecule has 0 aromatic heterocycles. The second-order valence-electron chi connectivity index (χ2n) is 4.84. The van der Waals surface area contributed by atoms with Gasteiger partial charge in [-0.05, 0) is 49.6 Å². The molecule has 1 amide bonds. The van der Waals surface area contributed by atoms with Gasteiger partial charge < -0.3 is 10.6 Å². The minimum atomic E-state index is 0.118. The Balaban J connectivity index is 2.81. The molecule has 0 aliphatic carbocycles. The molecule has 17 heavy (non-hydrogen) atoms. The lowest BCUT2D eigenvalue weighted by Gasteiger charge is -2.20. The minimum Gasteiger partial charge on any atom is -0.330 e. The molecule has 1 aromatic carbocycles. The van der Waals surface area contributed by atoms with E-state index in [2.05, 4.69) is 6.07 Å². The molecule has 0 aliphatic rings. The maximum absolute atomic E-state index is 12.0. The first-order valence-corrected chi connectivity index (χ1v) is 5.99. The lowest BCUT2D eigenvalue weighted by Crippen LogP contribution is -2.29. The lowest BCUT2D eigenvalue weighted by atomic mass is 10.1. The van der Waals surface area contributed by atoms with Crippen LogP contribution >= 0.6 is 0 Å². The van der Waals surface area contributed by atoms with Crippen molar-refractivity contribution in [1.82, 2.24) is 0 Å². The third-order valence-electron chi connectivity index (χ3n) is 2.89. The van der Waals surface area contributed by atoms with Gasteiger partial charge in [0, 0.05) is 19.2 Å². The lowest BCUT2D eigenvalue weighted by molar-refractivity contribution is -0.119. The zero-order valence-corrected chi connectivity index (χ0v) is 11.2. The zero-order chi connectivity index (χ0) is 13.0. The molecule has 0 aliphatic heterocycles. The van der Waals surface area contributed by atoms with Gasteiger partial charge >= 0.3 is 0 Å². The highest BCUT2D eigenvalue weighted by Gasteiger charge is 2.14. The molecule has 1 aromatic rings. The summed E-state index contributed by atoms with van der Waals surface area (Å²) >= 11 is 0. The minimum absolute atomic E-state index is 0.118. The summed E-state index contributed by atoms with van der Waals surface area (Å²) in [6, 6.07) is 6.15. The van der Waals surface area contributed by atoms with E-state index in [9.17, 15) is 4.79 Å². The summed E-state index contributed by atoms with van der Waals surface area (Å²) < 4.78 is 0. The predicted molar refractivity (Wildman–Crippen MR) is 72.2 cm³/mol. The van der Waals surface area contributed by atoms with Crippen molar-refractivity contribution in [1.29, 1.82) is 0 Å². The van der Waals surface area contributed by atoms with Gasteiger partial charge in [0.15, 0.2) is 0 Å². The van der Waals surface area contributed by atoms with Crippen LogP contribution in [0.15, 0.2) is 18.2 Å². The fourth-order valence-corrected chi connectivity index (χ4v) is 1.81. The molecule has 2 N–H and O–H groups in total. The van der Waals surface area contributed by atoms with Gasteiger partial charge in [0.1, 0.15) is 0 Å². The van der Waals surface area contributed by atoms with Crippen LogP contribution in [0.1, 0.15) is 24.5 Å². The number of nitrogens with zero attached hydrogens (tertiary/aromatic N) is 1. The summed E-state index contributed by atoms with van der Waals surface area (Å²) in [7, 11) is 1.82. The number of rotatable bonds is 4. The van der Waals surface area contributed by atoms with Crippen LogP contribution in [-0.2, 0) is 4.79 Å². The number of anilines is 1. The van der Waals surface area contributed by atoms with Crippen LogP contribution in [0.25, 0.3) is 0 Å². The molecule has 0 saturated carbocycles. The number of nitrogens with two attached hydrogens (primary N) is 1. The van der Waals surface area contributed by atoms with Crippen molar-refractivity contribution < 1.29 is 4.79 Å². The maximum Gasteiger partial charge on any atom is 0.227 e. The Hall–Kier alpha value is -1.35. The van der Waals surface area contributed by atoms with Gasteiger partial charge in [-0.2, -0.15) is 0 Å². The van der Waals surface area contributed by atoms with Crippen LogP contribution < -0.4 is 10.6 Å². The molecule has 0 heterocycles. The summed E-state index contributed by atoms with van der Waals surface area (Å²) in [4.78, 5) is 13.7. The Kier molecular flexibility index (Phi) is 4.70. The van der Waals surface area contributed by atoms with E-state index in [0.29, 0.717) is 13.0 Å². The Morgan fingerprint density at radius 3 is 2.29 bits per heavy atom. The fraction of sp³-hybridized carbons (Fsp3) is 0.500. The van der Waals surface area contributed by atoms with Crippen molar-refractivity contribution in [2.75, 3.05) is 18.5 Å². The summed E-state index contributed by atoms with van der Waals surface area (Å²) in [6.45, 7) is 6.62. The predicted octanol–water partition coefficient (Wildman–Crippen LogP) is 2.25. The SMILES string of the molecule is Cc1cc(C)cc(N(C)C(=O)CC(C)CN)c1. The van der Waals surface area contributed by atoms with E-state index in [0.717, 1.165) is 5.69 Å². The molecule has 3 heteroatoms. The third-order valence-corrected chi connectivity index (χ3v) is 2.89. The van der Waals surface area contributed by atoms with Crippen molar-refractivity contribution in [3.05, 3.63) is 29.3 Å². The van der Waals surface area contributed by atoms with Crippen molar-refractivity contribution in [2.24, 2.45) is 11.7 Å². The third kappa shape index (κ3) is 3.86. The van der Waals surface area contributed by atoms with Crippen LogP contribution in [0.2, 0.25) is 0 Å². The molecule has 0 bridgehead atoms. The molecule has 0 radical (unpaired) electrons. The molecule has 1 atom stereocenters. The number of benzene rings is 1. The van der Waals surface area contributed by atoms with Crippen LogP contribution in [0.5, 0.6) is 0 Å². The van der Waals surface area contributed by atoms with Gasteiger partial charge in [-0.25, -0.2) is 0 Å². The second-order valence-corrected chi connectivity index (χ2v) is 4.84. The number of carbonyl (C=O) groups excluding carboxylic acids is 1. The van der Waals surface area contributed by atoms with Crippen LogP contribution in [0, 0.1) is 19.8 Å². The number of amides is 1. The smallest absolute Gasteiger partial charge is 0.227 e. The quantitative estimate of drug-likeness (QED) is 0.868. The topological polar surface area (TPSA) is 46.3 Å². The highest BCUT2D eigenvalue weighted by molar-refractivity contribution is 5.93. The van der Waals surface area contributed by atoms with Crippen molar-refractivity contribution in [3.63, 3.8) is 0 Å². The van der Waals surface area contributed by atoms with Gasteiger partial charge in [0.05, 0.1) is 0 Å². The number of carbonyl (C=O) groups is 1. The highest BCUT2D eigenvalue weighted by Crippen LogP contribution is 2.19. The second kappa shape index (κ2) is 5.82. The normalized spacial score (nSPS) is 12.3. The Labute approximate surface area is 104 Å². The highest BCUT2D eigenvalue weighted by atomic mass is 16.2. The summed E-state index contributed by atoms with van der Waals surface area (Å²) in [5.41, 5.74) is 8.84. The first-order chi connectivity index (χ1) is 7.93. The maximum atomic E-state index is 12.0. The van der Waals surface area contributed by atoms with Gasteiger partial charge in [-0.15, -0.1) is 0 Å². The summed E-state index contributed by atoms with van der Waals surface area (Å²) in [5, 5.41) is 0. The van der Waals surface area contributed by atoms with Crippen LogP contribution in [0.4, 0.5) is 5.69 Å². The standard InChI is InChI=1S/C14H22N2O/c1-10-5-11(2)7-13(6-10)16(4)14(17)8-12(3)9-15/h5-7,12H,8-9,15H2,1-4H3. The Bertz CT molecular complexity index is 381. The van der Waals surface area contributed by atoms with Gasteiger partial charge in [-0.3, -0.25) is 4.79 Å². The fourth-order valence-electron chi connectivity index (χ4n) is 1.81. The van der Waals surface area contributed by atoms with Gasteiger partial charge in [0.25, 0.3) is 0 Å². The molecule has 0 saturated heterocycles. The molecule has 3 nitrogen and oxygen atoms in total. The molecular weight excluding hydrogens is 212 g/mol. The first kappa shape index (κ1) is 13.7. The van der Waals surface area contributed by atoms with Gasteiger partial charge in [0.2, 0.25) is 5.91 Å². The van der Waals surface area contributed by atoms with E-state index in [1.807, 2.05) is 40.0 Å². The summed E-state index contributed by atoms with van der Waals surface area (Å²) in [6.07, 6.45) is 0.500. The van der Waals surface area contributed by atoms with E-state index in [1.54, 1.807) is 4.90 Å². The molecule has 94 valence electrons. The van der Waals surface area contributed by atoms with E-state index < -0.39 is 0 Å². The van der Waals surface area contributed by atoms with Crippen LogP contribution in [-0.4, -0.2) is 19.5 Å². The van der Waals surface area contributed by atoms with Crippen molar-refractivity contribution >= 4 is 11.6 Å². The van der Waals surface area contributed by atoms with E-state index >= 15 is 0 Å². The largest absolute Gasteiger partial charge is 0.330 e. The van der Waals surface area contributed by atoms with E-state index in [-0.39, 0.29) is 11.8 Å². The monoisotopic (exact) mass is 234 g/mol. The molecule has 1 rings (SSSR count). The molecule has 0 spiro atoms. The molecule has 0 fully saturated rings. The van der Waals surface area contributed by atoms with Gasteiger partial charge in [-0.1, -0.05) is 13.0 Å². The molecule has 1 unspecified atom stereocenters. The summed E-state index contributed by atoms with van der Waals surface area (Å²) in [5.74, 6) is 0.351. The Morgan fingerprint density at radius 1 is 1.29 bits per heavy atom. The van der Waals surface area contributed by atoms with Crippen molar-refractivity contribution in [2.45, 2.75) is 27.2 Å². The number of hydrogen-bond acceptors (Lipinski definition) is 2. The Morgan fingerprint density at radius 2 is 1.82 bits per heavy atom. The number of hydrogen-bond donors (Lipinski definition) is 1. The van der Waals surface area contributed by atoms with Crippen LogP contribution in [0.3, 0.4) is 0 Å². The van der Waals surface area contributed by atoms with Crippen molar-refractivity contribution in [3.8, 4) is 0 Å². The first-order valence-electron chi connectivity index (χ1n) is 5.99. The van der Waals surface area contributed by atoms with E-state index in [4.69, 9.17) is 5.73 Å². The number of aryl methyl sites for hydroxylation is 2. The average molecular weight is 234 g/mol. The zero-order valence-electron chi connectivity index (χ0n) is 11.2. The van der Waals surface area contributed by atoms with E-state index in [1.165, 1.54) is 11.1 Å².